The van der Waals surface area contributed by atoms with Gasteiger partial charge in [0.25, 0.3) is 0 Å². The summed E-state index contributed by atoms with van der Waals surface area (Å²) >= 11 is 0. The smallest absolute Gasteiger partial charge is 0.225 e. The molecule has 4 heteroatoms. The molecule has 1 aromatic rings. The van der Waals surface area contributed by atoms with E-state index in [1.807, 2.05) is 6.07 Å². The molecule has 0 unspecified atom stereocenters. The van der Waals surface area contributed by atoms with Crippen molar-refractivity contribution in [2.45, 2.75) is 46.5 Å². The van der Waals surface area contributed by atoms with Crippen molar-refractivity contribution < 1.29 is 4.79 Å². The van der Waals surface area contributed by atoms with Crippen LogP contribution in [-0.2, 0) is 4.79 Å². The highest BCUT2D eigenvalue weighted by atomic mass is 16.1. The fourth-order valence-corrected chi connectivity index (χ4v) is 1.32. The third-order valence-corrected chi connectivity index (χ3v) is 2.44. The van der Waals surface area contributed by atoms with Crippen LogP contribution in [-0.4, -0.2) is 16.1 Å². The summed E-state index contributed by atoms with van der Waals surface area (Å²) in [5, 5.41) is 9.75. The van der Waals surface area contributed by atoms with E-state index in [9.17, 15) is 4.79 Å². The first kappa shape index (κ1) is 12.7. The van der Waals surface area contributed by atoms with Crippen molar-refractivity contribution in [1.29, 1.82) is 0 Å². The lowest BCUT2D eigenvalue weighted by atomic mass is 10.1. The molecule has 0 atom stereocenters. The quantitative estimate of drug-likeness (QED) is 0.806. The Kier molecular flexibility index (Phi) is 4.52. The van der Waals surface area contributed by atoms with Gasteiger partial charge in [-0.2, -0.15) is 5.10 Å². The molecule has 0 aliphatic carbocycles. The molecule has 0 radical (unpaired) electrons. The predicted octanol–water partition coefficient (Wildman–Crippen LogP) is 2.91. The Bertz CT molecular complexity index is 342. The number of carbonyl (C=O) groups excluding carboxylic acids is 1. The lowest BCUT2D eigenvalue weighted by molar-refractivity contribution is -0.116. The van der Waals surface area contributed by atoms with E-state index in [1.54, 1.807) is 0 Å². The maximum atomic E-state index is 11.5. The first-order chi connectivity index (χ1) is 7.49. The molecule has 1 amide bonds. The summed E-state index contributed by atoms with van der Waals surface area (Å²) in [5.74, 6) is 1.61. The number of hydrogen-bond acceptors (Lipinski definition) is 2. The summed E-state index contributed by atoms with van der Waals surface area (Å²) < 4.78 is 0. The zero-order valence-electron chi connectivity index (χ0n) is 10.5. The Morgan fingerprint density at radius 2 is 2.12 bits per heavy atom. The number of hydrogen-bond donors (Lipinski definition) is 2. The molecular formula is C12H21N3O. The van der Waals surface area contributed by atoms with Crippen LogP contribution in [0.4, 0.5) is 5.82 Å². The van der Waals surface area contributed by atoms with Gasteiger partial charge in [-0.25, -0.2) is 0 Å². The second kappa shape index (κ2) is 5.68. The lowest BCUT2D eigenvalue weighted by Crippen LogP contribution is -2.12. The van der Waals surface area contributed by atoms with Crippen molar-refractivity contribution in [3.63, 3.8) is 0 Å². The van der Waals surface area contributed by atoms with Crippen LogP contribution in [0.5, 0.6) is 0 Å². The van der Waals surface area contributed by atoms with Gasteiger partial charge in [0.15, 0.2) is 5.82 Å². The number of rotatable bonds is 5. The number of anilines is 1. The van der Waals surface area contributed by atoms with Gasteiger partial charge in [0.05, 0.1) is 0 Å². The number of aromatic amines is 1. The third kappa shape index (κ3) is 4.04. The van der Waals surface area contributed by atoms with E-state index >= 15 is 0 Å². The second-order valence-corrected chi connectivity index (χ2v) is 4.84. The molecule has 0 bridgehead atoms. The van der Waals surface area contributed by atoms with E-state index in [-0.39, 0.29) is 5.91 Å². The van der Waals surface area contributed by atoms with Crippen molar-refractivity contribution in [1.82, 2.24) is 10.2 Å². The molecular weight excluding hydrogens is 202 g/mol. The van der Waals surface area contributed by atoms with E-state index < -0.39 is 0 Å². The van der Waals surface area contributed by atoms with Crippen LogP contribution >= 0.6 is 0 Å². The van der Waals surface area contributed by atoms with Crippen LogP contribution in [0.2, 0.25) is 0 Å². The Labute approximate surface area is 96.8 Å². The highest BCUT2D eigenvalue weighted by Crippen LogP contribution is 2.15. The monoisotopic (exact) mass is 223 g/mol. The second-order valence-electron chi connectivity index (χ2n) is 4.84. The van der Waals surface area contributed by atoms with Crippen LogP contribution in [0.15, 0.2) is 6.07 Å². The number of H-pyrrole nitrogens is 1. The van der Waals surface area contributed by atoms with E-state index in [0.29, 0.717) is 24.1 Å². The molecule has 4 nitrogen and oxygen atoms in total. The van der Waals surface area contributed by atoms with E-state index in [2.05, 4.69) is 43.2 Å². The minimum Gasteiger partial charge on any atom is -0.309 e. The molecule has 0 aliphatic rings. The van der Waals surface area contributed by atoms with Gasteiger partial charge in [-0.15, -0.1) is 0 Å². The van der Waals surface area contributed by atoms with Gasteiger partial charge in [-0.05, 0) is 18.3 Å². The standard InChI is InChI=1S/C12H21N3O/c1-8(2)5-6-12(16)13-11-7-10(9(3)4)14-15-11/h7-9H,5-6H2,1-4H3,(H2,13,14,15,16). The Balaban J connectivity index is 2.43. The molecule has 0 aliphatic heterocycles. The van der Waals surface area contributed by atoms with Crippen molar-refractivity contribution in [3.05, 3.63) is 11.8 Å². The van der Waals surface area contributed by atoms with Gasteiger partial charge in [-0.1, -0.05) is 27.7 Å². The summed E-state index contributed by atoms with van der Waals surface area (Å²) in [6, 6.07) is 1.89. The minimum absolute atomic E-state index is 0.0375. The number of carbonyl (C=O) groups is 1. The molecule has 0 saturated heterocycles. The molecule has 0 spiro atoms. The number of nitrogens with one attached hydrogen (secondary N) is 2. The zero-order chi connectivity index (χ0) is 12.1. The molecule has 2 N–H and O–H groups in total. The highest BCUT2D eigenvalue weighted by molar-refractivity contribution is 5.89. The van der Waals surface area contributed by atoms with Gasteiger partial charge >= 0.3 is 0 Å². The van der Waals surface area contributed by atoms with Crippen molar-refractivity contribution >= 4 is 11.7 Å². The molecule has 90 valence electrons. The van der Waals surface area contributed by atoms with Gasteiger partial charge in [0.1, 0.15) is 0 Å². The number of aromatic nitrogens is 2. The van der Waals surface area contributed by atoms with Gasteiger partial charge in [0.2, 0.25) is 5.91 Å². The summed E-state index contributed by atoms with van der Waals surface area (Å²) in [5.41, 5.74) is 1.04. The van der Waals surface area contributed by atoms with Gasteiger partial charge < -0.3 is 5.32 Å². The summed E-state index contributed by atoms with van der Waals surface area (Å²) in [4.78, 5) is 11.5. The van der Waals surface area contributed by atoms with Crippen LogP contribution in [0.3, 0.4) is 0 Å². The Morgan fingerprint density at radius 3 is 2.62 bits per heavy atom. The van der Waals surface area contributed by atoms with Crippen LogP contribution in [0, 0.1) is 5.92 Å². The predicted molar refractivity (Wildman–Crippen MR) is 65.4 cm³/mol. The lowest BCUT2D eigenvalue weighted by Gasteiger charge is -2.03. The molecule has 1 aromatic heterocycles. The summed E-state index contributed by atoms with van der Waals surface area (Å²) in [6.07, 6.45) is 1.47. The largest absolute Gasteiger partial charge is 0.309 e. The average Bonchev–Trinajstić information content (AvgIpc) is 2.63. The molecule has 0 aromatic carbocycles. The minimum atomic E-state index is 0.0375. The molecule has 0 fully saturated rings. The molecule has 16 heavy (non-hydrogen) atoms. The maximum Gasteiger partial charge on any atom is 0.225 e. The fraction of sp³-hybridized carbons (Fsp3) is 0.667. The van der Waals surface area contributed by atoms with Crippen molar-refractivity contribution in [2.24, 2.45) is 5.92 Å². The van der Waals surface area contributed by atoms with Crippen LogP contribution in [0.25, 0.3) is 0 Å². The normalized spacial score (nSPS) is 11.1. The van der Waals surface area contributed by atoms with Gasteiger partial charge in [0, 0.05) is 18.2 Å². The topological polar surface area (TPSA) is 57.8 Å². The number of nitrogens with zero attached hydrogens (tertiary/aromatic N) is 1. The summed E-state index contributed by atoms with van der Waals surface area (Å²) in [6.45, 7) is 8.38. The SMILES string of the molecule is CC(C)CCC(=O)Nc1cc(C(C)C)[nH]n1. The first-order valence-electron chi connectivity index (χ1n) is 5.84. The molecule has 1 heterocycles. The average molecular weight is 223 g/mol. The Hall–Kier alpha value is -1.32. The maximum absolute atomic E-state index is 11.5. The zero-order valence-corrected chi connectivity index (χ0v) is 10.5. The molecule has 0 saturated carbocycles. The fourth-order valence-electron chi connectivity index (χ4n) is 1.32. The third-order valence-electron chi connectivity index (χ3n) is 2.44. The first-order valence-corrected chi connectivity index (χ1v) is 5.84. The van der Waals surface area contributed by atoms with Gasteiger partial charge in [-0.3, -0.25) is 9.89 Å². The van der Waals surface area contributed by atoms with E-state index in [1.165, 1.54) is 0 Å². The van der Waals surface area contributed by atoms with Crippen molar-refractivity contribution in [3.8, 4) is 0 Å². The summed E-state index contributed by atoms with van der Waals surface area (Å²) in [7, 11) is 0. The number of amides is 1. The van der Waals surface area contributed by atoms with E-state index in [4.69, 9.17) is 0 Å². The van der Waals surface area contributed by atoms with Crippen molar-refractivity contribution in [2.75, 3.05) is 5.32 Å². The molecule has 1 rings (SSSR count). The van der Waals surface area contributed by atoms with Crippen LogP contribution in [0.1, 0.15) is 52.1 Å². The Morgan fingerprint density at radius 1 is 1.44 bits per heavy atom. The van der Waals surface area contributed by atoms with Crippen LogP contribution < -0.4 is 5.32 Å². The van der Waals surface area contributed by atoms with E-state index in [0.717, 1.165) is 12.1 Å². The highest BCUT2D eigenvalue weighted by Gasteiger charge is 2.08.